The number of hydrogen-bond acceptors (Lipinski definition) is 4. The van der Waals surface area contributed by atoms with Crippen molar-refractivity contribution in [3.05, 3.63) is 53.0 Å². The number of nitrogens with zero attached hydrogens (tertiary/aromatic N) is 1. The third-order valence-corrected chi connectivity index (χ3v) is 7.61. The van der Waals surface area contributed by atoms with Crippen LogP contribution in [0.25, 0.3) is 0 Å². The molecule has 0 bridgehead atoms. The zero-order valence-electron chi connectivity index (χ0n) is 16.0. The summed E-state index contributed by atoms with van der Waals surface area (Å²) in [7, 11) is 0.442. The summed E-state index contributed by atoms with van der Waals surface area (Å²) in [5, 5.41) is 4.78. The lowest BCUT2D eigenvalue weighted by molar-refractivity contribution is -0.142. The second-order valence-corrected chi connectivity index (χ2v) is 10.8. The zero-order chi connectivity index (χ0) is 19.1. The fraction of sp³-hybridized carbons (Fsp3) is 0.429. The minimum atomic E-state index is -0.983. The van der Waals surface area contributed by atoms with E-state index in [1.807, 2.05) is 24.4 Å². The Hall–Kier alpha value is -2.21. The van der Waals surface area contributed by atoms with Gasteiger partial charge in [-0.05, 0) is 48.4 Å². The van der Waals surface area contributed by atoms with E-state index >= 15 is 0 Å². The van der Waals surface area contributed by atoms with Gasteiger partial charge in [-0.1, -0.05) is 30.4 Å². The van der Waals surface area contributed by atoms with Crippen LogP contribution in [-0.4, -0.2) is 26.9 Å². The average molecular weight is 385 g/mol. The Bertz CT molecular complexity index is 869. The second-order valence-electron chi connectivity index (χ2n) is 7.87. The second kappa shape index (κ2) is 7.07. The Kier molecular flexibility index (Phi) is 4.76. The number of nitrogens with one attached hydrogen (secondary N) is 1. The molecular formula is C21H25FN2O2Si. The van der Waals surface area contributed by atoms with E-state index in [2.05, 4.69) is 23.4 Å². The van der Waals surface area contributed by atoms with Crippen LogP contribution < -0.4 is 10.5 Å². The van der Waals surface area contributed by atoms with E-state index in [9.17, 15) is 9.18 Å². The molecule has 27 heavy (non-hydrogen) atoms. The van der Waals surface area contributed by atoms with Crippen LogP contribution in [0, 0.1) is 11.7 Å². The lowest BCUT2D eigenvalue weighted by atomic mass is 10.1. The predicted molar refractivity (Wildman–Crippen MR) is 107 cm³/mol. The monoisotopic (exact) mass is 384 g/mol. The number of carbonyl (C=O) groups is 1. The van der Waals surface area contributed by atoms with Gasteiger partial charge in [0, 0.05) is 11.8 Å². The van der Waals surface area contributed by atoms with Crippen LogP contribution in [0.3, 0.4) is 0 Å². The first kappa shape index (κ1) is 18.2. The third kappa shape index (κ3) is 3.38. The topological polar surface area (TPSA) is 51.2 Å². The van der Waals surface area contributed by atoms with Crippen LogP contribution in [0.5, 0.6) is 0 Å². The molecule has 1 aromatic heterocycles. The lowest BCUT2D eigenvalue weighted by Crippen LogP contribution is -2.27. The van der Waals surface area contributed by atoms with E-state index in [4.69, 9.17) is 4.74 Å². The van der Waals surface area contributed by atoms with Crippen LogP contribution in [0.2, 0.25) is 13.1 Å². The number of ether oxygens (including phenoxy) is 1. The Morgan fingerprint density at radius 2 is 2.11 bits per heavy atom. The van der Waals surface area contributed by atoms with E-state index in [0.717, 1.165) is 36.2 Å². The molecular weight excluding hydrogens is 359 g/mol. The first-order valence-corrected chi connectivity index (χ1v) is 12.5. The summed E-state index contributed by atoms with van der Waals surface area (Å²) in [6, 6.07) is 7.51. The summed E-state index contributed by atoms with van der Waals surface area (Å²) in [5.74, 6) is 0.657. The number of pyridine rings is 1. The van der Waals surface area contributed by atoms with E-state index in [0.29, 0.717) is 0 Å². The normalized spacial score (nSPS) is 23.2. The van der Waals surface area contributed by atoms with Crippen molar-refractivity contribution in [2.75, 3.05) is 12.4 Å². The maximum absolute atomic E-state index is 14.5. The van der Waals surface area contributed by atoms with Gasteiger partial charge in [-0.3, -0.25) is 4.79 Å². The van der Waals surface area contributed by atoms with Crippen LogP contribution in [0.4, 0.5) is 10.2 Å². The van der Waals surface area contributed by atoms with Gasteiger partial charge in [-0.25, -0.2) is 9.37 Å². The fourth-order valence-electron chi connectivity index (χ4n) is 4.29. The molecule has 0 spiro atoms. The smallest absolute Gasteiger partial charge is 0.309 e. The number of aromatic nitrogens is 1. The Morgan fingerprint density at radius 3 is 2.78 bits per heavy atom. The minimum absolute atomic E-state index is 0.0326. The molecule has 0 aliphatic heterocycles. The van der Waals surface area contributed by atoms with Gasteiger partial charge in [0.05, 0.1) is 27.9 Å². The van der Waals surface area contributed by atoms with Gasteiger partial charge in [0.25, 0.3) is 0 Å². The number of rotatable bonds is 5. The number of esters is 1. The Morgan fingerprint density at radius 1 is 1.30 bits per heavy atom. The minimum Gasteiger partial charge on any atom is -0.469 e. The molecule has 4 rings (SSSR count). The molecule has 0 saturated heterocycles. The van der Waals surface area contributed by atoms with Gasteiger partial charge < -0.3 is 10.1 Å². The van der Waals surface area contributed by atoms with Gasteiger partial charge in [-0.15, -0.1) is 0 Å². The molecule has 6 heteroatoms. The van der Waals surface area contributed by atoms with Crippen molar-refractivity contribution in [1.82, 2.24) is 4.98 Å². The molecule has 4 nitrogen and oxygen atoms in total. The largest absolute Gasteiger partial charge is 0.469 e. The summed E-state index contributed by atoms with van der Waals surface area (Å²) in [6.07, 6.45) is 4.46. The molecule has 1 heterocycles. The molecule has 2 aliphatic carbocycles. The van der Waals surface area contributed by atoms with E-state index in [1.54, 1.807) is 6.07 Å². The standard InChI is InChI=1S/C21H25FN2O2Si/c1-26-21(25)15-10-14(15)12-4-9-19(23-11-12)24-17-7-5-13-18(27(2)3)8-6-16(22)20(13)17/h4,6,8-9,11,14-15,17,27H,5,7,10H2,1-3H3,(H,23,24)/t14-,15+,17-/m1/s1. The molecule has 1 fully saturated rings. The molecule has 0 amide bonds. The SMILES string of the molecule is COC(=O)[C@H]1C[C@@H]1c1ccc(N[C@@H]2CCc3c([SiH](C)C)ccc(F)c32)nc1. The first-order chi connectivity index (χ1) is 13.0. The molecule has 0 unspecified atom stereocenters. The first-order valence-electron chi connectivity index (χ1n) is 9.61. The van der Waals surface area contributed by atoms with Crippen molar-refractivity contribution >= 4 is 25.8 Å². The molecule has 1 aromatic carbocycles. The summed E-state index contributed by atoms with van der Waals surface area (Å²) in [5.41, 5.74) is 3.10. The van der Waals surface area contributed by atoms with E-state index in [-0.39, 0.29) is 29.7 Å². The molecule has 3 atom stereocenters. The van der Waals surface area contributed by atoms with Gasteiger partial charge in [0.1, 0.15) is 11.6 Å². The number of carbonyl (C=O) groups excluding carboxylic acids is 1. The molecule has 2 aliphatic rings. The Balaban J connectivity index is 1.49. The van der Waals surface area contributed by atoms with Crippen molar-refractivity contribution in [2.24, 2.45) is 5.92 Å². The van der Waals surface area contributed by atoms with Gasteiger partial charge in [0.2, 0.25) is 0 Å². The van der Waals surface area contributed by atoms with E-state index in [1.165, 1.54) is 17.9 Å². The highest BCUT2D eigenvalue weighted by molar-refractivity contribution is 6.71. The number of fused-ring (bicyclic) bond motifs is 1. The van der Waals surface area contributed by atoms with Crippen molar-refractivity contribution in [2.45, 2.75) is 44.3 Å². The molecule has 1 N–H and O–H groups in total. The predicted octanol–water partition coefficient (Wildman–Crippen LogP) is 3.29. The number of hydrogen-bond donors (Lipinski definition) is 1. The lowest BCUT2D eigenvalue weighted by Gasteiger charge is -2.17. The zero-order valence-corrected chi connectivity index (χ0v) is 17.1. The fourth-order valence-corrected chi connectivity index (χ4v) is 5.77. The number of halogens is 1. The van der Waals surface area contributed by atoms with Crippen LogP contribution in [0.1, 0.15) is 41.5 Å². The molecule has 0 radical (unpaired) electrons. The van der Waals surface area contributed by atoms with E-state index < -0.39 is 8.80 Å². The van der Waals surface area contributed by atoms with Crippen molar-refractivity contribution in [1.29, 1.82) is 0 Å². The number of methoxy groups -OCH3 is 1. The van der Waals surface area contributed by atoms with Gasteiger partial charge >= 0.3 is 5.97 Å². The van der Waals surface area contributed by atoms with Crippen molar-refractivity contribution < 1.29 is 13.9 Å². The highest BCUT2D eigenvalue weighted by atomic mass is 28.3. The average Bonchev–Trinajstić information content (AvgIpc) is 3.36. The summed E-state index contributed by atoms with van der Waals surface area (Å²) in [6.45, 7) is 4.57. The summed E-state index contributed by atoms with van der Waals surface area (Å²) in [4.78, 5) is 16.1. The highest BCUT2D eigenvalue weighted by Gasteiger charge is 2.45. The number of benzene rings is 1. The molecule has 142 valence electrons. The third-order valence-electron chi connectivity index (χ3n) is 5.82. The van der Waals surface area contributed by atoms with Gasteiger partial charge in [-0.2, -0.15) is 0 Å². The summed E-state index contributed by atoms with van der Waals surface area (Å²) >= 11 is 0. The molecule has 1 saturated carbocycles. The van der Waals surface area contributed by atoms with Crippen molar-refractivity contribution in [3.63, 3.8) is 0 Å². The van der Waals surface area contributed by atoms with Crippen LogP contribution in [0.15, 0.2) is 30.5 Å². The quantitative estimate of drug-likeness (QED) is 0.635. The maximum atomic E-state index is 14.5. The Labute approximate surface area is 160 Å². The van der Waals surface area contributed by atoms with Gasteiger partial charge in [0.15, 0.2) is 0 Å². The van der Waals surface area contributed by atoms with Crippen molar-refractivity contribution in [3.8, 4) is 0 Å². The maximum Gasteiger partial charge on any atom is 0.309 e. The molecule has 2 aromatic rings. The highest BCUT2D eigenvalue weighted by Crippen LogP contribution is 2.48. The van der Waals surface area contributed by atoms with Crippen LogP contribution in [-0.2, 0) is 16.0 Å². The van der Waals surface area contributed by atoms with Crippen LogP contribution >= 0.6 is 0 Å². The summed E-state index contributed by atoms with van der Waals surface area (Å²) < 4.78 is 19.3. The number of anilines is 1.